The van der Waals surface area contributed by atoms with Crippen molar-refractivity contribution in [2.45, 2.75) is 32.6 Å². The Morgan fingerprint density at radius 2 is 1.81 bits per heavy atom. The summed E-state index contributed by atoms with van der Waals surface area (Å²) in [6.45, 7) is 4.74. The quantitative estimate of drug-likeness (QED) is 0.817. The van der Waals surface area contributed by atoms with Gasteiger partial charge < -0.3 is 9.64 Å². The van der Waals surface area contributed by atoms with Crippen molar-refractivity contribution >= 4 is 5.91 Å². The molecule has 5 nitrogen and oxygen atoms in total. The van der Waals surface area contributed by atoms with E-state index < -0.39 is 0 Å². The summed E-state index contributed by atoms with van der Waals surface area (Å²) in [6, 6.07) is 6.25. The Balaban J connectivity index is 1.54. The maximum Gasteiger partial charge on any atom is 0.225 e. The first kappa shape index (κ1) is 18.0. The van der Waals surface area contributed by atoms with Crippen LogP contribution in [0.3, 0.4) is 0 Å². The van der Waals surface area contributed by atoms with Crippen molar-refractivity contribution in [2.75, 3.05) is 26.3 Å². The van der Waals surface area contributed by atoms with Gasteiger partial charge in [-0.15, -0.1) is 0 Å². The minimum absolute atomic E-state index is 0.0851. The molecule has 0 atom stereocenters. The van der Waals surface area contributed by atoms with Gasteiger partial charge in [0, 0.05) is 55.6 Å². The topological polar surface area (TPSA) is 55.3 Å². The summed E-state index contributed by atoms with van der Waals surface area (Å²) in [7, 11) is 0. The molecular weight excluding hydrogens is 345 g/mol. The molecular formula is C21H24FN3O2. The lowest BCUT2D eigenvalue weighted by molar-refractivity contribution is -0.138. The molecule has 1 saturated heterocycles. The highest BCUT2D eigenvalue weighted by Gasteiger charge is 2.28. The van der Waals surface area contributed by atoms with Crippen LogP contribution in [-0.2, 0) is 22.4 Å². The molecule has 0 saturated carbocycles. The molecule has 0 bridgehead atoms. The minimum atomic E-state index is -0.271. The van der Waals surface area contributed by atoms with E-state index in [1.54, 1.807) is 12.1 Å². The number of carbonyl (C=O) groups excluding carboxylic acids is 1. The predicted molar refractivity (Wildman–Crippen MR) is 99.7 cm³/mol. The Morgan fingerprint density at radius 1 is 1.11 bits per heavy atom. The van der Waals surface area contributed by atoms with Gasteiger partial charge in [-0.2, -0.15) is 0 Å². The molecule has 1 fully saturated rings. The van der Waals surface area contributed by atoms with E-state index in [0.717, 1.165) is 48.2 Å². The Bertz CT molecular complexity index is 832. The van der Waals surface area contributed by atoms with E-state index in [1.807, 2.05) is 11.8 Å². The standard InChI is InChI=1S/C21H24FN3O2/c1-14-18-6-10-25(21(26)16-8-12-27-13-9-16)11-7-19(18)24-20(23-14)15-2-4-17(22)5-3-15/h2-5,16H,6-13H2,1H3. The molecule has 6 heteroatoms. The number of rotatable bonds is 2. The lowest BCUT2D eigenvalue weighted by Crippen LogP contribution is -2.40. The number of amides is 1. The highest BCUT2D eigenvalue weighted by atomic mass is 19.1. The first-order chi connectivity index (χ1) is 13.1. The number of halogens is 1. The Hall–Kier alpha value is -2.34. The SMILES string of the molecule is Cc1nc(-c2ccc(F)cc2)nc2c1CCN(C(=O)C1CCOCC1)CC2. The van der Waals surface area contributed by atoms with Gasteiger partial charge in [-0.25, -0.2) is 14.4 Å². The van der Waals surface area contributed by atoms with Crippen molar-refractivity contribution in [1.82, 2.24) is 14.9 Å². The zero-order valence-corrected chi connectivity index (χ0v) is 15.6. The molecule has 0 unspecified atom stereocenters. The second kappa shape index (κ2) is 7.72. The van der Waals surface area contributed by atoms with Crippen LogP contribution in [0, 0.1) is 18.7 Å². The van der Waals surface area contributed by atoms with Crippen LogP contribution < -0.4 is 0 Å². The van der Waals surface area contributed by atoms with E-state index in [9.17, 15) is 9.18 Å². The highest BCUT2D eigenvalue weighted by Crippen LogP contribution is 2.24. The average Bonchev–Trinajstić information content (AvgIpc) is 2.92. The van der Waals surface area contributed by atoms with E-state index >= 15 is 0 Å². The van der Waals surface area contributed by atoms with Crippen LogP contribution in [0.1, 0.15) is 29.8 Å². The molecule has 1 amide bonds. The minimum Gasteiger partial charge on any atom is -0.381 e. The van der Waals surface area contributed by atoms with Crippen molar-refractivity contribution in [3.8, 4) is 11.4 Å². The van der Waals surface area contributed by atoms with Crippen molar-refractivity contribution < 1.29 is 13.9 Å². The summed E-state index contributed by atoms with van der Waals surface area (Å²) >= 11 is 0. The Labute approximate surface area is 158 Å². The average molecular weight is 369 g/mol. The third-order valence-corrected chi connectivity index (χ3v) is 5.53. The molecule has 3 heterocycles. The number of hydrogen-bond acceptors (Lipinski definition) is 4. The lowest BCUT2D eigenvalue weighted by Gasteiger charge is -2.28. The molecule has 1 aromatic heterocycles. The molecule has 0 aliphatic carbocycles. The lowest BCUT2D eigenvalue weighted by atomic mass is 9.98. The molecule has 2 aliphatic rings. The molecule has 142 valence electrons. The van der Waals surface area contributed by atoms with Gasteiger partial charge in [-0.3, -0.25) is 4.79 Å². The number of hydrogen-bond donors (Lipinski definition) is 0. The summed E-state index contributed by atoms with van der Waals surface area (Å²) in [4.78, 5) is 24.2. The molecule has 4 rings (SSSR count). The molecule has 0 spiro atoms. The number of carbonyl (C=O) groups is 1. The molecule has 0 radical (unpaired) electrons. The molecule has 2 aliphatic heterocycles. The number of fused-ring (bicyclic) bond motifs is 1. The van der Waals surface area contributed by atoms with E-state index in [1.165, 1.54) is 12.1 Å². The normalized spacial score (nSPS) is 18.1. The Morgan fingerprint density at radius 3 is 2.56 bits per heavy atom. The van der Waals surface area contributed by atoms with Crippen LogP contribution in [0.15, 0.2) is 24.3 Å². The fourth-order valence-electron chi connectivity index (χ4n) is 3.94. The van der Waals surface area contributed by atoms with Crippen molar-refractivity contribution in [3.63, 3.8) is 0 Å². The van der Waals surface area contributed by atoms with Gasteiger partial charge in [0.2, 0.25) is 5.91 Å². The summed E-state index contributed by atoms with van der Waals surface area (Å²) in [5.74, 6) is 0.681. The molecule has 2 aromatic rings. The monoisotopic (exact) mass is 369 g/mol. The van der Waals surface area contributed by atoms with Gasteiger partial charge in [0.15, 0.2) is 5.82 Å². The van der Waals surface area contributed by atoms with Gasteiger partial charge >= 0.3 is 0 Å². The number of benzene rings is 1. The maximum absolute atomic E-state index is 13.2. The van der Waals surface area contributed by atoms with Crippen molar-refractivity contribution in [2.24, 2.45) is 5.92 Å². The third-order valence-electron chi connectivity index (χ3n) is 5.53. The summed E-state index contributed by atoms with van der Waals surface area (Å²) in [5.41, 5.74) is 3.90. The number of aryl methyl sites for hydroxylation is 1. The number of ether oxygens (including phenoxy) is 1. The maximum atomic E-state index is 13.2. The third kappa shape index (κ3) is 3.86. The molecule has 0 N–H and O–H groups in total. The van der Waals surface area contributed by atoms with Crippen LogP contribution in [0.4, 0.5) is 4.39 Å². The van der Waals surface area contributed by atoms with Crippen LogP contribution >= 0.6 is 0 Å². The zero-order chi connectivity index (χ0) is 18.8. The predicted octanol–water partition coefficient (Wildman–Crippen LogP) is 2.94. The fraction of sp³-hybridized carbons (Fsp3) is 0.476. The first-order valence-corrected chi connectivity index (χ1v) is 9.60. The summed E-state index contributed by atoms with van der Waals surface area (Å²) in [6.07, 6.45) is 3.13. The van der Waals surface area contributed by atoms with Gasteiger partial charge in [0.05, 0.1) is 0 Å². The number of nitrogens with zero attached hydrogens (tertiary/aromatic N) is 3. The van der Waals surface area contributed by atoms with E-state index in [0.29, 0.717) is 32.1 Å². The zero-order valence-electron chi connectivity index (χ0n) is 15.6. The van der Waals surface area contributed by atoms with E-state index in [2.05, 4.69) is 4.98 Å². The van der Waals surface area contributed by atoms with Gasteiger partial charge in [-0.05, 0) is 56.0 Å². The van der Waals surface area contributed by atoms with E-state index in [-0.39, 0.29) is 17.6 Å². The summed E-state index contributed by atoms with van der Waals surface area (Å²) < 4.78 is 18.6. The van der Waals surface area contributed by atoms with Crippen molar-refractivity contribution in [1.29, 1.82) is 0 Å². The van der Waals surface area contributed by atoms with Crippen LogP contribution in [0.2, 0.25) is 0 Å². The molecule has 1 aromatic carbocycles. The number of aromatic nitrogens is 2. The van der Waals surface area contributed by atoms with Crippen LogP contribution in [-0.4, -0.2) is 47.1 Å². The van der Waals surface area contributed by atoms with Gasteiger partial charge in [-0.1, -0.05) is 0 Å². The largest absolute Gasteiger partial charge is 0.381 e. The smallest absolute Gasteiger partial charge is 0.225 e. The second-order valence-corrected chi connectivity index (χ2v) is 7.28. The second-order valence-electron chi connectivity index (χ2n) is 7.28. The fourth-order valence-corrected chi connectivity index (χ4v) is 3.94. The van der Waals surface area contributed by atoms with E-state index in [4.69, 9.17) is 9.72 Å². The van der Waals surface area contributed by atoms with Gasteiger partial charge in [0.25, 0.3) is 0 Å². The first-order valence-electron chi connectivity index (χ1n) is 9.60. The molecule has 27 heavy (non-hydrogen) atoms. The van der Waals surface area contributed by atoms with Crippen LogP contribution in [0.25, 0.3) is 11.4 Å². The van der Waals surface area contributed by atoms with Crippen molar-refractivity contribution in [3.05, 3.63) is 47.0 Å². The highest BCUT2D eigenvalue weighted by molar-refractivity contribution is 5.79. The summed E-state index contributed by atoms with van der Waals surface area (Å²) in [5, 5.41) is 0. The van der Waals surface area contributed by atoms with Crippen LogP contribution in [0.5, 0.6) is 0 Å². The van der Waals surface area contributed by atoms with Gasteiger partial charge in [0.1, 0.15) is 5.82 Å². The Kier molecular flexibility index (Phi) is 5.16.